The van der Waals surface area contributed by atoms with E-state index in [4.69, 9.17) is 10.2 Å². The first-order valence-corrected chi connectivity index (χ1v) is 3.30. The summed E-state index contributed by atoms with van der Waals surface area (Å²) in [6.45, 7) is 7.41. The average molecular weight is 142 g/mol. The molecule has 0 amide bonds. The highest BCUT2D eigenvalue weighted by molar-refractivity contribution is 5.24. The minimum atomic E-state index is -0.0374. The highest BCUT2D eigenvalue weighted by atomic mass is 16.3. The minimum Gasteiger partial charge on any atom is -0.396 e. The molecule has 0 unspecified atom stereocenters. The van der Waals surface area contributed by atoms with Crippen LogP contribution in [0.4, 0.5) is 0 Å². The van der Waals surface area contributed by atoms with Gasteiger partial charge in [0.2, 0.25) is 0 Å². The largest absolute Gasteiger partial charge is 0.396 e. The molecule has 0 aromatic carbocycles. The summed E-state index contributed by atoms with van der Waals surface area (Å²) >= 11 is 0. The molecule has 0 spiro atoms. The van der Waals surface area contributed by atoms with E-state index in [1.807, 2.05) is 0 Å². The van der Waals surface area contributed by atoms with Crippen molar-refractivity contribution in [3.8, 4) is 0 Å². The lowest BCUT2D eigenvalue weighted by atomic mass is 10.1. The van der Waals surface area contributed by atoms with Gasteiger partial charge in [0, 0.05) is 6.61 Å². The second kappa shape index (κ2) is 5.21. The van der Waals surface area contributed by atoms with Crippen molar-refractivity contribution in [2.75, 3.05) is 13.2 Å². The third-order valence-corrected chi connectivity index (χ3v) is 1.33. The molecule has 0 radical (unpaired) electrons. The Bertz CT molecular complexity index is 127. The Balaban J connectivity index is 3.52. The average Bonchev–Trinajstić information content (AvgIpc) is 1.98. The van der Waals surface area contributed by atoms with Gasteiger partial charge in [-0.1, -0.05) is 18.7 Å². The standard InChI is InChI=1S/C8H14O2/c1-7(4-3-5-9)8(2)6-10/h9-10H,1-6H2. The van der Waals surface area contributed by atoms with E-state index in [9.17, 15) is 0 Å². The second-order valence-corrected chi connectivity index (χ2v) is 2.19. The van der Waals surface area contributed by atoms with Crippen LogP contribution in [0.2, 0.25) is 0 Å². The summed E-state index contributed by atoms with van der Waals surface area (Å²) in [6, 6.07) is 0. The third kappa shape index (κ3) is 3.43. The molecule has 0 saturated heterocycles. The minimum absolute atomic E-state index is 0.0374. The van der Waals surface area contributed by atoms with Crippen molar-refractivity contribution in [3.63, 3.8) is 0 Å². The van der Waals surface area contributed by atoms with Gasteiger partial charge in [-0.2, -0.15) is 0 Å². The van der Waals surface area contributed by atoms with Gasteiger partial charge in [0.1, 0.15) is 0 Å². The van der Waals surface area contributed by atoms with Gasteiger partial charge in [0.05, 0.1) is 6.61 Å². The van der Waals surface area contributed by atoms with Crippen LogP contribution in [0, 0.1) is 0 Å². The Hall–Kier alpha value is -0.600. The molecule has 0 aliphatic carbocycles. The quantitative estimate of drug-likeness (QED) is 0.559. The normalized spacial score (nSPS) is 9.40. The van der Waals surface area contributed by atoms with E-state index in [1.54, 1.807) is 0 Å². The van der Waals surface area contributed by atoms with Gasteiger partial charge in [0.25, 0.3) is 0 Å². The van der Waals surface area contributed by atoms with Gasteiger partial charge in [-0.25, -0.2) is 0 Å². The molecule has 0 rings (SSSR count). The number of aliphatic hydroxyl groups is 2. The maximum Gasteiger partial charge on any atom is 0.0678 e. The van der Waals surface area contributed by atoms with Crippen molar-refractivity contribution in [3.05, 3.63) is 24.3 Å². The monoisotopic (exact) mass is 142 g/mol. The van der Waals surface area contributed by atoms with Crippen molar-refractivity contribution >= 4 is 0 Å². The van der Waals surface area contributed by atoms with Crippen molar-refractivity contribution in [2.24, 2.45) is 0 Å². The van der Waals surface area contributed by atoms with E-state index in [0.29, 0.717) is 12.0 Å². The van der Waals surface area contributed by atoms with Crippen LogP contribution in [0.3, 0.4) is 0 Å². The molecular weight excluding hydrogens is 128 g/mol. The predicted octanol–water partition coefficient (Wildman–Crippen LogP) is 0.864. The van der Waals surface area contributed by atoms with Crippen LogP contribution in [0.25, 0.3) is 0 Å². The summed E-state index contributed by atoms with van der Waals surface area (Å²) in [5, 5.41) is 17.0. The Labute approximate surface area is 61.5 Å². The summed E-state index contributed by atoms with van der Waals surface area (Å²) in [6.07, 6.45) is 1.41. The molecule has 58 valence electrons. The van der Waals surface area contributed by atoms with Crippen LogP contribution in [0.1, 0.15) is 12.8 Å². The third-order valence-electron chi connectivity index (χ3n) is 1.33. The second-order valence-electron chi connectivity index (χ2n) is 2.19. The first-order valence-electron chi connectivity index (χ1n) is 3.30. The Morgan fingerprint density at radius 2 is 1.70 bits per heavy atom. The molecular formula is C8H14O2. The van der Waals surface area contributed by atoms with Crippen LogP contribution in [0.5, 0.6) is 0 Å². The molecule has 0 aromatic rings. The molecule has 2 heteroatoms. The maximum atomic E-state index is 8.58. The van der Waals surface area contributed by atoms with Gasteiger partial charge in [-0.3, -0.25) is 0 Å². The Morgan fingerprint density at radius 3 is 2.10 bits per heavy atom. The summed E-state index contributed by atoms with van der Waals surface area (Å²) in [7, 11) is 0. The first kappa shape index (κ1) is 9.40. The van der Waals surface area contributed by atoms with Crippen molar-refractivity contribution in [2.45, 2.75) is 12.8 Å². The molecule has 0 heterocycles. The molecule has 0 bridgehead atoms. The zero-order valence-electron chi connectivity index (χ0n) is 6.14. The van der Waals surface area contributed by atoms with Crippen molar-refractivity contribution in [1.29, 1.82) is 0 Å². The van der Waals surface area contributed by atoms with Gasteiger partial charge in [-0.05, 0) is 18.4 Å². The molecule has 0 fully saturated rings. The number of hydrogen-bond acceptors (Lipinski definition) is 2. The van der Waals surface area contributed by atoms with Gasteiger partial charge < -0.3 is 10.2 Å². The van der Waals surface area contributed by atoms with E-state index in [0.717, 1.165) is 12.0 Å². The highest BCUT2D eigenvalue weighted by Gasteiger charge is 1.96. The molecule has 2 N–H and O–H groups in total. The predicted molar refractivity (Wildman–Crippen MR) is 41.7 cm³/mol. The maximum absolute atomic E-state index is 8.58. The molecule has 2 nitrogen and oxygen atoms in total. The number of aliphatic hydroxyl groups excluding tert-OH is 2. The summed E-state index contributed by atoms with van der Waals surface area (Å²) in [5.74, 6) is 0. The first-order chi connectivity index (χ1) is 4.72. The molecule has 0 atom stereocenters. The summed E-state index contributed by atoms with van der Waals surface area (Å²) < 4.78 is 0. The van der Waals surface area contributed by atoms with Crippen LogP contribution in [0.15, 0.2) is 24.3 Å². The fourth-order valence-electron chi connectivity index (χ4n) is 0.581. The number of rotatable bonds is 5. The lowest BCUT2D eigenvalue weighted by Crippen LogP contribution is -1.93. The molecule has 0 aliphatic heterocycles. The fraction of sp³-hybridized carbons (Fsp3) is 0.500. The van der Waals surface area contributed by atoms with E-state index < -0.39 is 0 Å². The Kier molecular flexibility index (Phi) is 4.89. The fourth-order valence-corrected chi connectivity index (χ4v) is 0.581. The smallest absolute Gasteiger partial charge is 0.0678 e. The van der Waals surface area contributed by atoms with Gasteiger partial charge in [0.15, 0.2) is 0 Å². The van der Waals surface area contributed by atoms with E-state index >= 15 is 0 Å². The molecule has 0 saturated carbocycles. The SMILES string of the molecule is C=C(CO)C(=C)CCCO. The van der Waals surface area contributed by atoms with Gasteiger partial charge >= 0.3 is 0 Å². The van der Waals surface area contributed by atoms with Crippen LogP contribution in [-0.4, -0.2) is 23.4 Å². The highest BCUT2D eigenvalue weighted by Crippen LogP contribution is 2.10. The van der Waals surface area contributed by atoms with E-state index in [1.165, 1.54) is 0 Å². The van der Waals surface area contributed by atoms with E-state index in [2.05, 4.69) is 13.2 Å². The molecule has 10 heavy (non-hydrogen) atoms. The van der Waals surface area contributed by atoms with Crippen LogP contribution >= 0.6 is 0 Å². The molecule has 0 aliphatic rings. The van der Waals surface area contributed by atoms with Gasteiger partial charge in [-0.15, -0.1) is 0 Å². The van der Waals surface area contributed by atoms with Crippen molar-refractivity contribution < 1.29 is 10.2 Å². The zero-order chi connectivity index (χ0) is 7.98. The Morgan fingerprint density at radius 1 is 1.10 bits per heavy atom. The summed E-state index contributed by atoms with van der Waals surface area (Å²) in [5.41, 5.74) is 1.49. The molecule has 0 aromatic heterocycles. The summed E-state index contributed by atoms with van der Waals surface area (Å²) in [4.78, 5) is 0. The van der Waals surface area contributed by atoms with Crippen LogP contribution in [-0.2, 0) is 0 Å². The van der Waals surface area contributed by atoms with Crippen molar-refractivity contribution in [1.82, 2.24) is 0 Å². The topological polar surface area (TPSA) is 40.5 Å². The van der Waals surface area contributed by atoms with E-state index in [-0.39, 0.29) is 13.2 Å². The lowest BCUT2D eigenvalue weighted by molar-refractivity contribution is 0.287. The zero-order valence-corrected chi connectivity index (χ0v) is 6.14. The number of hydrogen-bond donors (Lipinski definition) is 2. The lowest BCUT2D eigenvalue weighted by Gasteiger charge is -2.03. The van der Waals surface area contributed by atoms with Crippen LogP contribution < -0.4 is 0 Å².